The molecular formula is C9H13N3O2S. The van der Waals surface area contributed by atoms with Gasteiger partial charge in [0, 0.05) is 18.0 Å². The maximum Gasteiger partial charge on any atom is 0.308 e. The lowest BCUT2D eigenvalue weighted by Gasteiger charge is -2.21. The van der Waals surface area contributed by atoms with Crippen molar-refractivity contribution in [1.29, 1.82) is 0 Å². The van der Waals surface area contributed by atoms with Crippen LogP contribution in [0.2, 0.25) is 0 Å². The van der Waals surface area contributed by atoms with Gasteiger partial charge < -0.3 is 5.11 Å². The molecular weight excluding hydrogens is 214 g/mol. The molecule has 1 aromatic rings. The highest BCUT2D eigenvalue weighted by atomic mass is 32.1. The van der Waals surface area contributed by atoms with E-state index in [-0.39, 0.29) is 12.0 Å². The average Bonchev–Trinajstić information content (AvgIpc) is 2.78. The molecule has 1 aromatic heterocycles. The minimum absolute atomic E-state index is 0.0872. The third-order valence-electron chi connectivity index (χ3n) is 2.97. The summed E-state index contributed by atoms with van der Waals surface area (Å²) in [5.74, 6) is -0.932. The highest BCUT2D eigenvalue weighted by Gasteiger charge is 2.35. The summed E-state index contributed by atoms with van der Waals surface area (Å²) in [6.07, 6.45) is 0.730. The Balaban J connectivity index is 1.98. The molecule has 2 atom stereocenters. The van der Waals surface area contributed by atoms with Crippen molar-refractivity contribution in [2.45, 2.75) is 25.9 Å². The topological polar surface area (TPSA) is 66.3 Å². The molecule has 0 saturated carbocycles. The molecule has 1 aliphatic heterocycles. The van der Waals surface area contributed by atoms with Crippen LogP contribution >= 0.6 is 11.5 Å². The fourth-order valence-corrected chi connectivity index (χ4v) is 2.46. The van der Waals surface area contributed by atoms with E-state index >= 15 is 0 Å². The summed E-state index contributed by atoms with van der Waals surface area (Å²) in [5, 5.41) is 14.8. The van der Waals surface area contributed by atoms with Crippen LogP contribution in [0.5, 0.6) is 0 Å². The van der Waals surface area contributed by atoms with Gasteiger partial charge in [-0.05, 0) is 31.4 Å². The highest BCUT2D eigenvalue weighted by molar-refractivity contribution is 7.03. The number of hydrogen-bond acceptors (Lipinski definition) is 5. The van der Waals surface area contributed by atoms with Crippen LogP contribution in [-0.2, 0) is 11.3 Å². The SMILES string of the molecule is CC1C(C(=O)O)CCN1Cc1csnn1. The lowest BCUT2D eigenvalue weighted by molar-refractivity contribution is -0.142. The summed E-state index contributed by atoms with van der Waals surface area (Å²) in [6, 6.07) is 0.0872. The van der Waals surface area contributed by atoms with Gasteiger partial charge in [0.15, 0.2) is 0 Å². The van der Waals surface area contributed by atoms with Crippen LogP contribution in [0.3, 0.4) is 0 Å². The maximum atomic E-state index is 10.9. The third kappa shape index (κ3) is 2.15. The number of carboxylic acid groups (broad SMARTS) is 1. The summed E-state index contributed by atoms with van der Waals surface area (Å²) in [7, 11) is 0. The van der Waals surface area contributed by atoms with Gasteiger partial charge in [-0.1, -0.05) is 4.49 Å². The van der Waals surface area contributed by atoms with Crippen molar-refractivity contribution in [2.24, 2.45) is 5.92 Å². The van der Waals surface area contributed by atoms with E-state index in [4.69, 9.17) is 5.11 Å². The van der Waals surface area contributed by atoms with Gasteiger partial charge in [0.25, 0.3) is 0 Å². The van der Waals surface area contributed by atoms with E-state index in [0.717, 1.165) is 18.7 Å². The molecule has 2 rings (SSSR count). The molecule has 0 aliphatic carbocycles. The Morgan fingerprint density at radius 1 is 1.80 bits per heavy atom. The maximum absolute atomic E-state index is 10.9. The fourth-order valence-electron chi connectivity index (χ4n) is 2.02. The highest BCUT2D eigenvalue weighted by Crippen LogP contribution is 2.25. The zero-order valence-electron chi connectivity index (χ0n) is 8.46. The summed E-state index contributed by atoms with van der Waals surface area (Å²) < 4.78 is 3.79. The van der Waals surface area contributed by atoms with E-state index in [1.165, 1.54) is 11.5 Å². The summed E-state index contributed by atoms with van der Waals surface area (Å²) >= 11 is 1.33. The zero-order chi connectivity index (χ0) is 10.8. The van der Waals surface area contributed by atoms with Crippen LogP contribution < -0.4 is 0 Å². The molecule has 0 radical (unpaired) electrons. The first-order valence-electron chi connectivity index (χ1n) is 4.91. The van der Waals surface area contributed by atoms with Crippen LogP contribution in [0.25, 0.3) is 0 Å². The van der Waals surface area contributed by atoms with Crippen molar-refractivity contribution in [3.8, 4) is 0 Å². The molecule has 1 fully saturated rings. The molecule has 0 aromatic carbocycles. The molecule has 1 saturated heterocycles. The van der Waals surface area contributed by atoms with Gasteiger partial charge in [-0.2, -0.15) is 0 Å². The number of aromatic nitrogens is 2. The van der Waals surface area contributed by atoms with Gasteiger partial charge >= 0.3 is 5.97 Å². The van der Waals surface area contributed by atoms with Crippen LogP contribution in [0, 0.1) is 5.92 Å². The number of likely N-dealkylation sites (tertiary alicyclic amines) is 1. The first-order chi connectivity index (χ1) is 7.18. The van der Waals surface area contributed by atoms with E-state index in [2.05, 4.69) is 14.5 Å². The Hall–Kier alpha value is -1.01. The molecule has 2 unspecified atom stereocenters. The second-order valence-electron chi connectivity index (χ2n) is 3.84. The molecule has 82 valence electrons. The predicted molar refractivity (Wildman–Crippen MR) is 55.5 cm³/mol. The number of carbonyl (C=O) groups is 1. The molecule has 0 amide bonds. The van der Waals surface area contributed by atoms with Crippen LogP contribution in [0.15, 0.2) is 5.38 Å². The number of nitrogens with zero attached hydrogens (tertiary/aromatic N) is 3. The molecule has 15 heavy (non-hydrogen) atoms. The molecule has 2 heterocycles. The van der Waals surface area contributed by atoms with Crippen molar-refractivity contribution < 1.29 is 9.90 Å². The van der Waals surface area contributed by atoms with Gasteiger partial charge in [-0.15, -0.1) is 5.10 Å². The van der Waals surface area contributed by atoms with Crippen molar-refractivity contribution in [3.63, 3.8) is 0 Å². The largest absolute Gasteiger partial charge is 0.481 e. The van der Waals surface area contributed by atoms with Crippen molar-refractivity contribution in [1.82, 2.24) is 14.5 Å². The lowest BCUT2D eigenvalue weighted by atomic mass is 10.0. The molecule has 5 nitrogen and oxygen atoms in total. The number of hydrogen-bond donors (Lipinski definition) is 1. The minimum Gasteiger partial charge on any atom is -0.481 e. The Morgan fingerprint density at radius 3 is 3.13 bits per heavy atom. The van der Waals surface area contributed by atoms with Crippen molar-refractivity contribution in [3.05, 3.63) is 11.1 Å². The minimum atomic E-state index is -0.693. The van der Waals surface area contributed by atoms with Crippen LogP contribution in [0.1, 0.15) is 19.0 Å². The van der Waals surface area contributed by atoms with Gasteiger partial charge in [-0.3, -0.25) is 9.69 Å². The molecule has 0 spiro atoms. The van der Waals surface area contributed by atoms with Crippen LogP contribution in [0.4, 0.5) is 0 Å². The van der Waals surface area contributed by atoms with E-state index in [1.54, 1.807) is 0 Å². The van der Waals surface area contributed by atoms with E-state index in [1.807, 2.05) is 12.3 Å². The first-order valence-corrected chi connectivity index (χ1v) is 5.75. The van der Waals surface area contributed by atoms with Crippen molar-refractivity contribution in [2.75, 3.05) is 6.54 Å². The molecule has 0 bridgehead atoms. The zero-order valence-corrected chi connectivity index (χ0v) is 9.28. The molecule has 1 aliphatic rings. The fraction of sp³-hybridized carbons (Fsp3) is 0.667. The van der Waals surface area contributed by atoms with E-state index in [9.17, 15) is 4.79 Å². The van der Waals surface area contributed by atoms with Gasteiger partial charge in [-0.25, -0.2) is 0 Å². The van der Waals surface area contributed by atoms with Crippen LogP contribution in [-0.4, -0.2) is 38.1 Å². The van der Waals surface area contributed by atoms with Crippen molar-refractivity contribution >= 4 is 17.5 Å². The number of rotatable bonds is 3. The summed E-state index contributed by atoms with van der Waals surface area (Å²) in [6.45, 7) is 3.50. The third-order valence-corrected chi connectivity index (χ3v) is 3.53. The Morgan fingerprint density at radius 2 is 2.60 bits per heavy atom. The summed E-state index contributed by atoms with van der Waals surface area (Å²) in [4.78, 5) is 13.1. The quantitative estimate of drug-likeness (QED) is 0.828. The normalized spacial score (nSPS) is 27.0. The van der Waals surface area contributed by atoms with E-state index in [0.29, 0.717) is 6.54 Å². The smallest absolute Gasteiger partial charge is 0.308 e. The Labute approximate surface area is 91.9 Å². The number of carboxylic acids is 1. The Bertz CT molecular complexity index is 341. The van der Waals surface area contributed by atoms with Gasteiger partial charge in [0.2, 0.25) is 0 Å². The molecule has 6 heteroatoms. The second kappa shape index (κ2) is 4.24. The second-order valence-corrected chi connectivity index (χ2v) is 4.45. The summed E-state index contributed by atoms with van der Waals surface area (Å²) in [5.41, 5.74) is 0.929. The number of aliphatic carboxylic acids is 1. The standard InChI is InChI=1S/C9H13N3O2S/c1-6-8(9(13)14)2-3-12(6)4-7-5-15-11-10-7/h5-6,8H,2-4H2,1H3,(H,13,14). The monoisotopic (exact) mass is 227 g/mol. The lowest BCUT2D eigenvalue weighted by Crippen LogP contribution is -2.32. The van der Waals surface area contributed by atoms with Gasteiger partial charge in [0.1, 0.15) is 0 Å². The predicted octanol–water partition coefficient (Wildman–Crippen LogP) is 0.833. The Kier molecular flexibility index (Phi) is 2.97. The first kappa shape index (κ1) is 10.5. The molecule has 1 N–H and O–H groups in total. The van der Waals surface area contributed by atoms with E-state index < -0.39 is 5.97 Å². The van der Waals surface area contributed by atoms with Gasteiger partial charge in [0.05, 0.1) is 11.6 Å². The average molecular weight is 227 g/mol.